The molecule has 0 bridgehead atoms. The van der Waals surface area contributed by atoms with Gasteiger partial charge in [0.2, 0.25) is 15.3 Å². The molecular formula is C12H10ClF2N3O2S. The lowest BCUT2D eigenvalue weighted by molar-refractivity contribution is 0.539. The Kier molecular flexibility index (Phi) is 4.50. The number of hydrogen-bond donors (Lipinski definition) is 1. The van der Waals surface area contributed by atoms with Gasteiger partial charge in [-0.3, -0.25) is 0 Å². The summed E-state index contributed by atoms with van der Waals surface area (Å²) in [4.78, 5) is 6.93. The Morgan fingerprint density at radius 2 is 1.86 bits per heavy atom. The number of halogens is 3. The molecule has 112 valence electrons. The van der Waals surface area contributed by atoms with Crippen LogP contribution < -0.4 is 4.72 Å². The van der Waals surface area contributed by atoms with E-state index in [1.165, 1.54) is 13.0 Å². The van der Waals surface area contributed by atoms with Crippen molar-refractivity contribution in [3.05, 3.63) is 53.1 Å². The Labute approximate surface area is 125 Å². The van der Waals surface area contributed by atoms with Crippen molar-refractivity contribution in [1.29, 1.82) is 0 Å². The number of sulfonamides is 1. The summed E-state index contributed by atoms with van der Waals surface area (Å²) in [6, 6.07) is 2.02. The average molecular weight is 334 g/mol. The molecular weight excluding hydrogens is 324 g/mol. The summed E-state index contributed by atoms with van der Waals surface area (Å²) in [5, 5.41) is -0.0911. The Morgan fingerprint density at radius 1 is 1.24 bits per heavy atom. The third kappa shape index (κ3) is 3.72. The second-order valence-corrected chi connectivity index (χ2v) is 6.25. The lowest BCUT2D eigenvalue weighted by Gasteiger charge is -2.15. The number of nitrogens with one attached hydrogen (secondary N) is 1. The Morgan fingerprint density at radius 3 is 2.43 bits per heavy atom. The summed E-state index contributed by atoms with van der Waals surface area (Å²) in [6.45, 7) is 1.44. The van der Waals surface area contributed by atoms with Gasteiger partial charge in [0.05, 0.1) is 12.4 Å². The number of rotatable bonds is 4. The Bertz CT molecular complexity index is 754. The fourth-order valence-electron chi connectivity index (χ4n) is 1.66. The van der Waals surface area contributed by atoms with Gasteiger partial charge in [-0.25, -0.2) is 31.9 Å². The van der Waals surface area contributed by atoms with E-state index in [0.29, 0.717) is 6.07 Å². The van der Waals surface area contributed by atoms with Crippen LogP contribution in [0.5, 0.6) is 0 Å². The molecule has 5 nitrogen and oxygen atoms in total. The Hall–Kier alpha value is -1.64. The zero-order valence-electron chi connectivity index (χ0n) is 10.7. The highest BCUT2D eigenvalue weighted by molar-refractivity contribution is 7.89. The van der Waals surface area contributed by atoms with Gasteiger partial charge in [-0.15, -0.1) is 0 Å². The van der Waals surface area contributed by atoms with Gasteiger partial charge in [-0.05, 0) is 24.6 Å². The number of benzene rings is 1. The number of aromatic nitrogens is 2. The minimum Gasteiger partial charge on any atom is -0.225 e. The summed E-state index contributed by atoms with van der Waals surface area (Å²) in [5.41, 5.74) is 0.0230. The van der Waals surface area contributed by atoms with Crippen LogP contribution in [0, 0.1) is 11.6 Å². The van der Waals surface area contributed by atoms with Crippen molar-refractivity contribution >= 4 is 21.6 Å². The van der Waals surface area contributed by atoms with Gasteiger partial charge in [0.1, 0.15) is 16.5 Å². The Balaban J connectivity index is 2.25. The van der Waals surface area contributed by atoms with Crippen molar-refractivity contribution in [3.63, 3.8) is 0 Å². The summed E-state index contributed by atoms with van der Waals surface area (Å²) < 4.78 is 52.9. The first-order valence-electron chi connectivity index (χ1n) is 5.74. The van der Waals surface area contributed by atoms with Crippen LogP contribution in [0.3, 0.4) is 0 Å². The summed E-state index contributed by atoms with van der Waals surface area (Å²) in [6.07, 6.45) is 2.07. The normalized spacial score (nSPS) is 13.1. The van der Waals surface area contributed by atoms with Crippen LogP contribution >= 0.6 is 11.6 Å². The largest absolute Gasteiger partial charge is 0.244 e. The predicted octanol–water partition coefficient (Wildman–Crippen LogP) is 2.45. The van der Waals surface area contributed by atoms with Crippen molar-refractivity contribution < 1.29 is 17.2 Å². The summed E-state index contributed by atoms with van der Waals surface area (Å²) >= 11 is 5.48. The van der Waals surface area contributed by atoms with Crippen molar-refractivity contribution in [1.82, 2.24) is 14.7 Å². The highest BCUT2D eigenvalue weighted by Gasteiger charge is 2.21. The zero-order valence-corrected chi connectivity index (χ0v) is 12.3. The monoisotopic (exact) mass is 333 g/mol. The van der Waals surface area contributed by atoms with Crippen LogP contribution in [-0.2, 0) is 10.0 Å². The maximum Gasteiger partial charge on any atom is 0.244 e. The molecule has 0 aliphatic heterocycles. The van der Waals surface area contributed by atoms with Crippen LogP contribution in [0.2, 0.25) is 5.28 Å². The average Bonchev–Trinajstić information content (AvgIpc) is 2.38. The standard InChI is InChI=1S/C12H10ClF2N3O2S/c1-7(10-3-2-8(14)4-11(10)15)18-21(19,20)9-5-16-12(13)17-6-9/h2-7,18H,1H3. The van der Waals surface area contributed by atoms with Crippen LogP contribution in [0.25, 0.3) is 0 Å². The van der Waals surface area contributed by atoms with Crippen LogP contribution in [0.1, 0.15) is 18.5 Å². The fourth-order valence-corrected chi connectivity index (χ4v) is 2.87. The molecule has 21 heavy (non-hydrogen) atoms. The number of hydrogen-bond acceptors (Lipinski definition) is 4. The molecule has 0 spiro atoms. The molecule has 0 saturated heterocycles. The maximum atomic E-state index is 13.6. The molecule has 2 rings (SSSR count). The number of nitrogens with zero attached hydrogens (tertiary/aromatic N) is 2. The van der Waals surface area contributed by atoms with Gasteiger partial charge in [0.15, 0.2) is 0 Å². The van der Waals surface area contributed by atoms with E-state index < -0.39 is 27.7 Å². The summed E-state index contributed by atoms with van der Waals surface area (Å²) in [5.74, 6) is -1.57. The molecule has 0 saturated carbocycles. The minimum atomic E-state index is -3.95. The van der Waals surface area contributed by atoms with E-state index >= 15 is 0 Å². The van der Waals surface area contributed by atoms with Crippen molar-refractivity contribution in [3.8, 4) is 0 Å². The molecule has 0 radical (unpaired) electrons. The van der Waals surface area contributed by atoms with Gasteiger partial charge in [-0.2, -0.15) is 0 Å². The molecule has 0 aliphatic carbocycles. The van der Waals surface area contributed by atoms with Crippen LogP contribution in [0.15, 0.2) is 35.5 Å². The van der Waals surface area contributed by atoms with E-state index in [-0.39, 0.29) is 15.7 Å². The van der Waals surface area contributed by atoms with Gasteiger partial charge >= 0.3 is 0 Å². The van der Waals surface area contributed by atoms with Crippen molar-refractivity contribution in [2.45, 2.75) is 17.9 Å². The molecule has 1 unspecified atom stereocenters. The molecule has 1 aromatic heterocycles. The minimum absolute atomic E-state index is 0.0230. The fraction of sp³-hybridized carbons (Fsp3) is 0.167. The van der Waals surface area contributed by atoms with E-state index in [1.807, 2.05) is 0 Å². The van der Waals surface area contributed by atoms with Gasteiger partial charge in [0, 0.05) is 17.7 Å². The summed E-state index contributed by atoms with van der Waals surface area (Å²) in [7, 11) is -3.95. The molecule has 0 aliphatic rings. The first kappa shape index (κ1) is 15.7. The smallest absolute Gasteiger partial charge is 0.225 e. The maximum absolute atomic E-state index is 13.6. The van der Waals surface area contributed by atoms with Crippen LogP contribution in [-0.4, -0.2) is 18.4 Å². The lowest BCUT2D eigenvalue weighted by Crippen LogP contribution is -2.27. The van der Waals surface area contributed by atoms with E-state index in [2.05, 4.69) is 14.7 Å². The molecule has 0 fully saturated rings. The molecule has 0 amide bonds. The topological polar surface area (TPSA) is 72.0 Å². The van der Waals surface area contributed by atoms with E-state index in [1.54, 1.807) is 0 Å². The molecule has 1 N–H and O–H groups in total. The van der Waals surface area contributed by atoms with E-state index in [0.717, 1.165) is 18.5 Å². The molecule has 1 heterocycles. The SMILES string of the molecule is CC(NS(=O)(=O)c1cnc(Cl)nc1)c1ccc(F)cc1F. The van der Waals surface area contributed by atoms with Crippen molar-refractivity contribution in [2.75, 3.05) is 0 Å². The van der Waals surface area contributed by atoms with Gasteiger partial charge in [-0.1, -0.05) is 6.07 Å². The molecule has 1 aromatic carbocycles. The second-order valence-electron chi connectivity index (χ2n) is 4.20. The van der Waals surface area contributed by atoms with Crippen molar-refractivity contribution in [2.24, 2.45) is 0 Å². The van der Waals surface area contributed by atoms with Crippen LogP contribution in [0.4, 0.5) is 8.78 Å². The van der Waals surface area contributed by atoms with Gasteiger partial charge in [0.25, 0.3) is 0 Å². The zero-order chi connectivity index (χ0) is 15.6. The molecule has 2 aromatic rings. The second kappa shape index (κ2) is 6.00. The third-order valence-electron chi connectivity index (χ3n) is 2.67. The third-order valence-corrected chi connectivity index (χ3v) is 4.36. The molecule has 1 atom stereocenters. The molecule has 9 heteroatoms. The highest BCUT2D eigenvalue weighted by atomic mass is 35.5. The predicted molar refractivity (Wildman–Crippen MR) is 72.1 cm³/mol. The van der Waals surface area contributed by atoms with E-state index in [9.17, 15) is 17.2 Å². The van der Waals surface area contributed by atoms with Gasteiger partial charge < -0.3 is 0 Å². The lowest BCUT2D eigenvalue weighted by atomic mass is 10.1. The highest BCUT2D eigenvalue weighted by Crippen LogP contribution is 2.20. The first-order chi connectivity index (χ1) is 9.79. The van der Waals surface area contributed by atoms with E-state index in [4.69, 9.17) is 11.6 Å². The quantitative estimate of drug-likeness (QED) is 0.872. The first-order valence-corrected chi connectivity index (χ1v) is 7.60.